The van der Waals surface area contributed by atoms with Crippen molar-refractivity contribution in [2.24, 2.45) is 0 Å². The Hall–Kier alpha value is -3.52. The number of nitrogens with one attached hydrogen (secondary N) is 3. The maximum absolute atomic E-state index is 13.0. The first-order valence-corrected chi connectivity index (χ1v) is 9.36. The van der Waals surface area contributed by atoms with E-state index < -0.39 is 17.8 Å². The second-order valence-electron chi connectivity index (χ2n) is 6.54. The van der Waals surface area contributed by atoms with Crippen LogP contribution in [0.1, 0.15) is 11.3 Å². The van der Waals surface area contributed by atoms with E-state index in [1.165, 1.54) is 12.3 Å². The number of alkyl halides is 3. The Morgan fingerprint density at radius 1 is 1.34 bits per heavy atom. The molecule has 3 rings (SSSR count). The minimum atomic E-state index is -4.71. The van der Waals surface area contributed by atoms with Crippen molar-refractivity contribution in [3.8, 4) is 5.75 Å². The van der Waals surface area contributed by atoms with E-state index >= 15 is 0 Å². The molecular weight excluding hydrogens is 453 g/mol. The molecule has 1 saturated heterocycles. The van der Waals surface area contributed by atoms with Gasteiger partial charge in [-0.1, -0.05) is 0 Å². The summed E-state index contributed by atoms with van der Waals surface area (Å²) in [4.78, 5) is 19.6. The highest BCUT2D eigenvalue weighted by molar-refractivity contribution is 7.80. The summed E-state index contributed by atoms with van der Waals surface area (Å²) in [5, 5.41) is 22.1. The number of rotatable bonds is 5. The third-order valence-electron chi connectivity index (χ3n) is 4.22. The van der Waals surface area contributed by atoms with Crippen LogP contribution >= 0.6 is 12.2 Å². The second-order valence-corrected chi connectivity index (χ2v) is 6.95. The maximum atomic E-state index is 13.0. The van der Waals surface area contributed by atoms with Crippen LogP contribution in [-0.2, 0) is 10.9 Å². The molecule has 1 aliphatic heterocycles. The number of hydrogen-bond acceptors (Lipinski definition) is 7. The second kappa shape index (κ2) is 9.32. The molecule has 0 aromatic carbocycles. The van der Waals surface area contributed by atoms with Crippen LogP contribution < -0.4 is 20.3 Å². The highest BCUT2D eigenvalue weighted by atomic mass is 32.1. The number of aromatic nitrogens is 2. The van der Waals surface area contributed by atoms with Gasteiger partial charge in [0.1, 0.15) is 17.5 Å². The average molecular weight is 470 g/mol. The number of carbonyl (C=O) groups is 1. The Morgan fingerprint density at radius 2 is 2.06 bits per heavy atom. The molecule has 10 nitrogen and oxygen atoms in total. The van der Waals surface area contributed by atoms with Gasteiger partial charge < -0.3 is 25.2 Å². The summed E-state index contributed by atoms with van der Waals surface area (Å²) in [6.07, 6.45) is -4.28. The van der Waals surface area contributed by atoms with E-state index in [1.54, 1.807) is 6.07 Å². The average Bonchev–Trinajstić information content (AvgIpc) is 2.70. The Balaban J connectivity index is 1.69. The zero-order valence-electron chi connectivity index (χ0n) is 16.4. The van der Waals surface area contributed by atoms with E-state index in [0.717, 1.165) is 7.05 Å². The van der Waals surface area contributed by atoms with Gasteiger partial charge in [0.15, 0.2) is 16.8 Å². The lowest BCUT2D eigenvalue weighted by Gasteiger charge is -2.26. The van der Waals surface area contributed by atoms with E-state index in [0.29, 0.717) is 36.1 Å². The molecular formula is C18H17F3N6O4S. The van der Waals surface area contributed by atoms with Crippen LogP contribution in [0.4, 0.5) is 29.5 Å². The lowest BCUT2D eigenvalue weighted by Crippen LogP contribution is -2.38. The first-order valence-electron chi connectivity index (χ1n) is 8.96. The van der Waals surface area contributed by atoms with Crippen molar-refractivity contribution < 1.29 is 32.5 Å². The van der Waals surface area contributed by atoms with Gasteiger partial charge in [-0.3, -0.25) is 10.3 Å². The van der Waals surface area contributed by atoms with Gasteiger partial charge in [0.2, 0.25) is 0 Å². The minimum absolute atomic E-state index is 0.0358. The first kappa shape index (κ1) is 23.1. The number of thiocarbonyl (C=S) groups is 1. The molecule has 170 valence electrons. The SMILES string of the molecule is CN(C(=O)O)c1cc(C(F)(F)F)cnc1NC(=S)NC(=N)c1ccc(OC2COC2)cn1. The third kappa shape index (κ3) is 5.59. The summed E-state index contributed by atoms with van der Waals surface area (Å²) in [5.74, 6) is 0.0551. The third-order valence-corrected chi connectivity index (χ3v) is 4.42. The van der Waals surface area contributed by atoms with Crippen molar-refractivity contribution in [1.82, 2.24) is 15.3 Å². The molecule has 0 bridgehead atoms. The van der Waals surface area contributed by atoms with Gasteiger partial charge in [0.05, 0.1) is 30.7 Å². The fourth-order valence-corrected chi connectivity index (χ4v) is 2.65. The molecule has 2 aromatic rings. The van der Waals surface area contributed by atoms with Crippen LogP contribution in [0.15, 0.2) is 30.6 Å². The monoisotopic (exact) mass is 470 g/mol. The van der Waals surface area contributed by atoms with Crippen LogP contribution in [-0.4, -0.2) is 58.5 Å². The van der Waals surface area contributed by atoms with Gasteiger partial charge in [0.25, 0.3) is 0 Å². The molecule has 2 aromatic heterocycles. The van der Waals surface area contributed by atoms with E-state index in [9.17, 15) is 18.0 Å². The first-order chi connectivity index (χ1) is 15.0. The number of anilines is 2. The van der Waals surface area contributed by atoms with Gasteiger partial charge in [-0.15, -0.1) is 0 Å². The quantitative estimate of drug-likeness (QED) is 0.296. The lowest BCUT2D eigenvalue weighted by atomic mass is 10.2. The Kier molecular flexibility index (Phi) is 6.74. The molecule has 0 aliphatic carbocycles. The molecule has 0 atom stereocenters. The molecule has 1 amide bonds. The highest BCUT2D eigenvalue weighted by Crippen LogP contribution is 2.34. The van der Waals surface area contributed by atoms with Crippen LogP contribution in [0.5, 0.6) is 5.75 Å². The van der Waals surface area contributed by atoms with Crippen molar-refractivity contribution >= 4 is 40.8 Å². The molecule has 32 heavy (non-hydrogen) atoms. The number of nitrogens with zero attached hydrogens (tertiary/aromatic N) is 3. The van der Waals surface area contributed by atoms with Gasteiger partial charge in [0, 0.05) is 13.2 Å². The summed E-state index contributed by atoms with van der Waals surface area (Å²) >= 11 is 5.08. The number of hydrogen-bond donors (Lipinski definition) is 4. The Morgan fingerprint density at radius 3 is 2.59 bits per heavy atom. The van der Waals surface area contributed by atoms with Crippen LogP contribution in [0.25, 0.3) is 0 Å². The van der Waals surface area contributed by atoms with Crippen molar-refractivity contribution in [2.45, 2.75) is 12.3 Å². The van der Waals surface area contributed by atoms with Crippen LogP contribution in [0.3, 0.4) is 0 Å². The fourth-order valence-electron chi connectivity index (χ4n) is 2.45. The molecule has 0 radical (unpaired) electrons. The summed E-state index contributed by atoms with van der Waals surface area (Å²) in [6.45, 7) is 0.992. The zero-order chi connectivity index (χ0) is 23.5. The summed E-state index contributed by atoms with van der Waals surface area (Å²) in [5.41, 5.74) is -1.28. The zero-order valence-corrected chi connectivity index (χ0v) is 17.3. The Bertz CT molecular complexity index is 1030. The molecule has 1 aliphatic rings. The van der Waals surface area contributed by atoms with Crippen LogP contribution in [0.2, 0.25) is 0 Å². The molecule has 3 heterocycles. The Labute approximate surface area is 184 Å². The van der Waals surface area contributed by atoms with Gasteiger partial charge in [-0.05, 0) is 30.4 Å². The van der Waals surface area contributed by atoms with Crippen molar-refractivity contribution in [2.75, 3.05) is 30.5 Å². The number of pyridine rings is 2. The van der Waals surface area contributed by atoms with E-state index in [-0.39, 0.29) is 34.3 Å². The topological polar surface area (TPSA) is 133 Å². The van der Waals surface area contributed by atoms with Crippen molar-refractivity contribution in [1.29, 1.82) is 5.41 Å². The molecule has 1 fully saturated rings. The van der Waals surface area contributed by atoms with E-state index in [2.05, 4.69) is 20.6 Å². The molecule has 14 heteroatoms. The van der Waals surface area contributed by atoms with E-state index in [4.69, 9.17) is 32.2 Å². The van der Waals surface area contributed by atoms with Crippen LogP contribution in [0, 0.1) is 5.41 Å². The smallest absolute Gasteiger partial charge is 0.417 e. The normalized spacial score (nSPS) is 13.6. The number of halogens is 3. The lowest BCUT2D eigenvalue weighted by molar-refractivity contribution is -0.137. The predicted octanol–water partition coefficient (Wildman–Crippen LogP) is 2.70. The summed E-state index contributed by atoms with van der Waals surface area (Å²) in [6, 6.07) is 3.77. The van der Waals surface area contributed by atoms with Crippen molar-refractivity contribution in [3.05, 3.63) is 41.9 Å². The predicted molar refractivity (Wildman–Crippen MR) is 111 cm³/mol. The standard InChI is InChI=1S/C18H17F3N6O4S/c1-27(17(28)29)13-4-9(18(19,20)21)5-24-15(13)26-16(32)25-14(22)12-3-2-10(6-23-12)31-11-7-30-8-11/h2-6,11H,7-8H2,1H3,(H,28,29)(H3,22,24,25,26,32). The number of ether oxygens (including phenoxy) is 2. The van der Waals surface area contributed by atoms with Crippen molar-refractivity contribution in [3.63, 3.8) is 0 Å². The molecule has 0 unspecified atom stereocenters. The minimum Gasteiger partial charge on any atom is -0.484 e. The fraction of sp³-hybridized carbons (Fsp3) is 0.278. The molecule has 0 saturated carbocycles. The number of amides is 1. The largest absolute Gasteiger partial charge is 0.484 e. The van der Waals surface area contributed by atoms with E-state index in [1.807, 2.05) is 0 Å². The van der Waals surface area contributed by atoms with Gasteiger partial charge in [-0.25, -0.2) is 14.8 Å². The summed E-state index contributed by atoms with van der Waals surface area (Å²) in [7, 11) is 1.06. The molecule has 4 N–H and O–H groups in total. The van der Waals surface area contributed by atoms with Gasteiger partial charge in [-0.2, -0.15) is 13.2 Å². The van der Waals surface area contributed by atoms with Gasteiger partial charge >= 0.3 is 12.3 Å². The number of carboxylic acid groups (broad SMARTS) is 1. The summed E-state index contributed by atoms with van der Waals surface area (Å²) < 4.78 is 49.6. The molecule has 0 spiro atoms. The number of amidine groups is 1. The highest BCUT2D eigenvalue weighted by Gasteiger charge is 2.33. The maximum Gasteiger partial charge on any atom is 0.417 e.